The first-order valence-electron chi connectivity index (χ1n) is 4.15. The summed E-state index contributed by atoms with van der Waals surface area (Å²) in [7, 11) is 1.74. The van der Waals surface area contributed by atoms with Crippen LogP contribution in [0.2, 0.25) is 5.15 Å². The third-order valence-electron chi connectivity index (χ3n) is 1.97. The van der Waals surface area contributed by atoms with Gasteiger partial charge < -0.3 is 10.8 Å². The van der Waals surface area contributed by atoms with E-state index in [2.05, 4.69) is 5.10 Å². The van der Waals surface area contributed by atoms with Crippen LogP contribution in [-0.4, -0.2) is 21.4 Å². The molecule has 1 aromatic heterocycles. The Hall–Kier alpha value is -0.580. The number of rotatable bonds is 3. The highest BCUT2D eigenvalue weighted by Gasteiger charge is 2.18. The highest BCUT2D eigenvalue weighted by Crippen LogP contribution is 2.27. The third-order valence-corrected chi connectivity index (χ3v) is 2.42. The van der Waals surface area contributed by atoms with Gasteiger partial charge in [0.2, 0.25) is 0 Å². The topological polar surface area (TPSA) is 64.1 Å². The molecule has 74 valence electrons. The zero-order valence-electron chi connectivity index (χ0n) is 7.79. The fraction of sp³-hybridized carbons (Fsp3) is 0.625. The summed E-state index contributed by atoms with van der Waals surface area (Å²) in [6.07, 6.45) is -0.0992. The molecule has 1 atom stereocenters. The number of aliphatic hydroxyl groups is 1. The molecule has 1 heterocycles. The maximum atomic E-state index is 9.68. The molecule has 0 aliphatic heterocycles. The van der Waals surface area contributed by atoms with Gasteiger partial charge in [0.25, 0.3) is 0 Å². The van der Waals surface area contributed by atoms with E-state index in [9.17, 15) is 5.11 Å². The predicted octanol–water partition coefficient (Wildman–Crippen LogP) is 0.764. The minimum absolute atomic E-state index is 0.436. The van der Waals surface area contributed by atoms with Gasteiger partial charge in [-0.15, -0.1) is 0 Å². The van der Waals surface area contributed by atoms with Crippen LogP contribution in [0.5, 0.6) is 0 Å². The van der Waals surface area contributed by atoms with Crippen molar-refractivity contribution in [3.05, 3.63) is 16.4 Å². The molecular weight excluding hydrogens is 190 g/mol. The average Bonchev–Trinajstić information content (AvgIpc) is 2.27. The van der Waals surface area contributed by atoms with E-state index in [0.29, 0.717) is 23.7 Å². The maximum absolute atomic E-state index is 9.68. The SMILES string of the molecule is Cc1nn(C)c(Cl)c1C(O)CCN. The van der Waals surface area contributed by atoms with Crippen LogP contribution in [-0.2, 0) is 7.05 Å². The van der Waals surface area contributed by atoms with Gasteiger partial charge >= 0.3 is 0 Å². The van der Waals surface area contributed by atoms with E-state index in [-0.39, 0.29) is 0 Å². The molecule has 4 nitrogen and oxygen atoms in total. The second kappa shape index (κ2) is 4.09. The summed E-state index contributed by atoms with van der Waals surface area (Å²) >= 11 is 5.94. The number of aryl methyl sites for hydroxylation is 2. The Morgan fingerprint density at radius 2 is 2.31 bits per heavy atom. The van der Waals surface area contributed by atoms with Crippen LogP contribution < -0.4 is 5.73 Å². The first-order chi connectivity index (χ1) is 6.07. The lowest BCUT2D eigenvalue weighted by Crippen LogP contribution is -2.07. The summed E-state index contributed by atoms with van der Waals surface area (Å²) in [6.45, 7) is 2.26. The highest BCUT2D eigenvalue weighted by molar-refractivity contribution is 6.30. The van der Waals surface area contributed by atoms with Crippen LogP contribution in [0.25, 0.3) is 0 Å². The first kappa shape index (κ1) is 10.5. The Bertz CT molecular complexity index is 298. The van der Waals surface area contributed by atoms with Gasteiger partial charge in [-0.3, -0.25) is 4.68 Å². The zero-order chi connectivity index (χ0) is 10.0. The smallest absolute Gasteiger partial charge is 0.132 e. The normalized spacial score (nSPS) is 13.3. The Labute approximate surface area is 82.3 Å². The average molecular weight is 204 g/mol. The molecule has 3 N–H and O–H groups in total. The molecule has 0 aliphatic carbocycles. The van der Waals surface area contributed by atoms with Crippen molar-refractivity contribution in [3.63, 3.8) is 0 Å². The van der Waals surface area contributed by atoms with Gasteiger partial charge in [0, 0.05) is 12.6 Å². The summed E-state index contributed by atoms with van der Waals surface area (Å²) in [4.78, 5) is 0. The summed E-state index contributed by atoms with van der Waals surface area (Å²) in [6, 6.07) is 0. The van der Waals surface area contributed by atoms with Gasteiger partial charge in [0.1, 0.15) is 5.15 Å². The Morgan fingerprint density at radius 3 is 2.69 bits per heavy atom. The van der Waals surface area contributed by atoms with E-state index < -0.39 is 6.10 Å². The van der Waals surface area contributed by atoms with Gasteiger partial charge in [-0.05, 0) is 19.9 Å². The van der Waals surface area contributed by atoms with Crippen molar-refractivity contribution in [2.75, 3.05) is 6.54 Å². The van der Waals surface area contributed by atoms with Gasteiger partial charge in [-0.2, -0.15) is 5.10 Å². The number of nitrogens with zero attached hydrogens (tertiary/aromatic N) is 2. The molecular formula is C8H14ClN3O. The molecule has 0 spiro atoms. The number of halogens is 1. The lowest BCUT2D eigenvalue weighted by atomic mass is 10.1. The van der Waals surface area contributed by atoms with Crippen LogP contribution in [0.1, 0.15) is 23.8 Å². The molecule has 0 saturated heterocycles. The van der Waals surface area contributed by atoms with Crippen LogP contribution in [0.3, 0.4) is 0 Å². The van der Waals surface area contributed by atoms with Crippen LogP contribution in [0.4, 0.5) is 0 Å². The van der Waals surface area contributed by atoms with Crippen molar-refractivity contribution in [3.8, 4) is 0 Å². The lowest BCUT2D eigenvalue weighted by molar-refractivity contribution is 0.169. The van der Waals surface area contributed by atoms with Gasteiger partial charge in [-0.25, -0.2) is 0 Å². The first-order valence-corrected chi connectivity index (χ1v) is 4.52. The summed E-state index contributed by atoms with van der Waals surface area (Å²) in [5.41, 5.74) is 6.79. The monoisotopic (exact) mass is 203 g/mol. The molecule has 0 aliphatic rings. The molecule has 1 aromatic rings. The quantitative estimate of drug-likeness (QED) is 0.763. The summed E-state index contributed by atoms with van der Waals surface area (Å²) in [5, 5.41) is 14.3. The maximum Gasteiger partial charge on any atom is 0.132 e. The van der Waals surface area contributed by atoms with E-state index in [4.69, 9.17) is 17.3 Å². The van der Waals surface area contributed by atoms with Crippen molar-refractivity contribution >= 4 is 11.6 Å². The number of nitrogens with two attached hydrogens (primary N) is 1. The number of aliphatic hydroxyl groups excluding tert-OH is 1. The molecule has 0 aromatic carbocycles. The van der Waals surface area contributed by atoms with Gasteiger partial charge in [0.05, 0.1) is 11.8 Å². The predicted molar refractivity (Wildman–Crippen MR) is 51.6 cm³/mol. The minimum Gasteiger partial charge on any atom is -0.388 e. The molecule has 1 rings (SSSR count). The van der Waals surface area contributed by atoms with Gasteiger partial charge in [0.15, 0.2) is 0 Å². The van der Waals surface area contributed by atoms with Crippen molar-refractivity contribution in [2.45, 2.75) is 19.4 Å². The molecule has 5 heteroatoms. The van der Waals surface area contributed by atoms with Crippen molar-refractivity contribution in [1.29, 1.82) is 0 Å². The van der Waals surface area contributed by atoms with Crippen LogP contribution >= 0.6 is 11.6 Å². The molecule has 0 fully saturated rings. The van der Waals surface area contributed by atoms with Crippen molar-refractivity contribution in [2.24, 2.45) is 12.8 Å². The lowest BCUT2D eigenvalue weighted by Gasteiger charge is -2.08. The molecule has 0 saturated carbocycles. The fourth-order valence-corrected chi connectivity index (χ4v) is 1.63. The van der Waals surface area contributed by atoms with E-state index >= 15 is 0 Å². The summed E-state index contributed by atoms with van der Waals surface area (Å²) in [5.74, 6) is 0. The van der Waals surface area contributed by atoms with Crippen LogP contribution in [0, 0.1) is 6.92 Å². The second-order valence-corrected chi connectivity index (χ2v) is 3.36. The van der Waals surface area contributed by atoms with Crippen LogP contribution in [0.15, 0.2) is 0 Å². The minimum atomic E-state index is -0.605. The van der Waals surface area contributed by atoms with Gasteiger partial charge in [-0.1, -0.05) is 11.6 Å². The fourth-order valence-electron chi connectivity index (χ4n) is 1.33. The third kappa shape index (κ3) is 2.02. The number of aromatic nitrogens is 2. The molecule has 0 bridgehead atoms. The molecule has 1 unspecified atom stereocenters. The van der Waals surface area contributed by atoms with E-state index in [1.54, 1.807) is 11.7 Å². The van der Waals surface area contributed by atoms with E-state index in [0.717, 1.165) is 5.69 Å². The Balaban J connectivity index is 2.98. The standard InChI is InChI=1S/C8H14ClN3O/c1-5-7(6(13)3-4-10)8(9)12(2)11-5/h6,13H,3-4,10H2,1-2H3. The second-order valence-electron chi connectivity index (χ2n) is 3.01. The Kier molecular flexibility index (Phi) is 3.30. The molecule has 13 heavy (non-hydrogen) atoms. The number of hydrogen-bond donors (Lipinski definition) is 2. The molecule has 0 radical (unpaired) electrons. The zero-order valence-corrected chi connectivity index (χ0v) is 8.54. The van der Waals surface area contributed by atoms with Crippen molar-refractivity contribution in [1.82, 2.24) is 9.78 Å². The summed E-state index contributed by atoms with van der Waals surface area (Å²) < 4.78 is 1.55. The van der Waals surface area contributed by atoms with E-state index in [1.807, 2.05) is 6.92 Å². The largest absolute Gasteiger partial charge is 0.388 e. The van der Waals surface area contributed by atoms with Crippen molar-refractivity contribution < 1.29 is 5.11 Å². The van der Waals surface area contributed by atoms with E-state index in [1.165, 1.54) is 0 Å². The number of hydrogen-bond acceptors (Lipinski definition) is 3. The highest BCUT2D eigenvalue weighted by atomic mass is 35.5. The Morgan fingerprint density at radius 1 is 1.69 bits per heavy atom. The molecule has 0 amide bonds.